The van der Waals surface area contributed by atoms with Gasteiger partial charge >= 0.3 is 0 Å². The minimum absolute atomic E-state index is 0.0546. The molecule has 4 rings (SSSR count). The molecule has 0 fully saturated rings. The predicted molar refractivity (Wildman–Crippen MR) is 111 cm³/mol. The summed E-state index contributed by atoms with van der Waals surface area (Å²) < 4.78 is 36.4. The molecule has 29 heavy (non-hydrogen) atoms. The molecule has 3 aromatic rings. The monoisotopic (exact) mass is 436 g/mol. The third-order valence-corrected chi connectivity index (χ3v) is 5.84. The van der Waals surface area contributed by atoms with E-state index < -0.39 is 16.1 Å². The number of benzene rings is 2. The van der Waals surface area contributed by atoms with E-state index in [2.05, 4.69) is 23.7 Å². The average molecular weight is 437 g/mol. The van der Waals surface area contributed by atoms with Crippen molar-refractivity contribution in [3.8, 4) is 5.75 Å². The molecular formula is C20H21ClN2O5S. The lowest BCUT2D eigenvalue weighted by Crippen LogP contribution is -2.32. The number of aliphatic hydroxyl groups is 1. The quantitative estimate of drug-likeness (QED) is 0.640. The number of halogens is 1. The highest BCUT2D eigenvalue weighted by Crippen LogP contribution is 2.38. The molecule has 0 aliphatic carbocycles. The van der Waals surface area contributed by atoms with Crippen molar-refractivity contribution >= 4 is 38.4 Å². The summed E-state index contributed by atoms with van der Waals surface area (Å²) >= 11 is 6.40. The lowest BCUT2D eigenvalue weighted by atomic mass is 9.91. The zero-order valence-electron chi connectivity index (χ0n) is 16.2. The van der Waals surface area contributed by atoms with E-state index in [1.807, 2.05) is 18.2 Å². The summed E-state index contributed by atoms with van der Waals surface area (Å²) in [6.07, 6.45) is 1.79. The summed E-state index contributed by atoms with van der Waals surface area (Å²) in [7, 11) is -3.51. The SMILES string of the molecule is CC1(C)CCc2cc(C(O)c3cc4onc(NS(C)(=O)=O)c4cc3Cl)ccc2O1. The molecular weight excluding hydrogens is 416 g/mol. The van der Waals surface area contributed by atoms with Crippen LogP contribution in [0, 0.1) is 0 Å². The molecule has 0 bridgehead atoms. The lowest BCUT2D eigenvalue weighted by molar-refractivity contribution is 0.0845. The Balaban J connectivity index is 1.69. The Morgan fingerprint density at radius 3 is 2.76 bits per heavy atom. The van der Waals surface area contributed by atoms with Crippen LogP contribution in [0.1, 0.15) is 43.1 Å². The van der Waals surface area contributed by atoms with E-state index in [9.17, 15) is 13.5 Å². The van der Waals surface area contributed by atoms with Crippen molar-refractivity contribution in [3.05, 3.63) is 52.0 Å². The van der Waals surface area contributed by atoms with Crippen LogP contribution in [0.3, 0.4) is 0 Å². The molecule has 0 saturated carbocycles. The largest absolute Gasteiger partial charge is 0.488 e. The maximum absolute atomic E-state index is 11.5. The Hall–Kier alpha value is -2.29. The number of sulfonamides is 1. The van der Waals surface area contributed by atoms with Crippen molar-refractivity contribution in [1.82, 2.24) is 5.16 Å². The highest BCUT2D eigenvalue weighted by Gasteiger charge is 2.27. The lowest BCUT2D eigenvalue weighted by Gasteiger charge is -2.33. The summed E-state index contributed by atoms with van der Waals surface area (Å²) in [4.78, 5) is 0. The Kier molecular flexibility index (Phi) is 4.76. The molecule has 2 heterocycles. The van der Waals surface area contributed by atoms with Crippen molar-refractivity contribution in [2.24, 2.45) is 0 Å². The average Bonchev–Trinajstić information content (AvgIpc) is 2.99. The number of nitrogens with zero attached hydrogens (tertiary/aromatic N) is 1. The zero-order chi connectivity index (χ0) is 21.0. The number of aryl methyl sites for hydroxylation is 1. The van der Waals surface area contributed by atoms with Crippen molar-refractivity contribution in [3.63, 3.8) is 0 Å². The van der Waals surface area contributed by atoms with Gasteiger partial charge in [0.15, 0.2) is 11.4 Å². The van der Waals surface area contributed by atoms with E-state index in [-0.39, 0.29) is 16.4 Å². The molecule has 1 atom stereocenters. The van der Waals surface area contributed by atoms with Gasteiger partial charge in [-0.05, 0) is 62.1 Å². The summed E-state index contributed by atoms with van der Waals surface area (Å²) in [6.45, 7) is 4.11. The second-order valence-electron chi connectivity index (χ2n) is 7.91. The number of aromatic nitrogens is 1. The van der Waals surface area contributed by atoms with Gasteiger partial charge in [-0.3, -0.25) is 4.72 Å². The summed E-state index contributed by atoms with van der Waals surface area (Å²) in [6, 6.07) is 8.70. The van der Waals surface area contributed by atoms with E-state index in [1.54, 1.807) is 6.07 Å². The van der Waals surface area contributed by atoms with Crippen LogP contribution in [0.25, 0.3) is 11.0 Å². The van der Waals surface area contributed by atoms with Crippen LogP contribution < -0.4 is 9.46 Å². The van der Waals surface area contributed by atoms with Crippen LogP contribution in [-0.4, -0.2) is 30.5 Å². The molecule has 0 radical (unpaired) electrons. The maximum atomic E-state index is 11.5. The van der Waals surface area contributed by atoms with E-state index >= 15 is 0 Å². The van der Waals surface area contributed by atoms with Crippen molar-refractivity contribution in [2.45, 2.75) is 38.4 Å². The van der Waals surface area contributed by atoms with Crippen LogP contribution in [0.4, 0.5) is 5.82 Å². The van der Waals surface area contributed by atoms with Gasteiger partial charge in [0.05, 0.1) is 11.6 Å². The third kappa shape index (κ3) is 4.05. The Morgan fingerprint density at radius 2 is 2.03 bits per heavy atom. The van der Waals surface area contributed by atoms with Crippen molar-refractivity contribution in [2.75, 3.05) is 11.0 Å². The number of ether oxygens (including phenoxy) is 1. The maximum Gasteiger partial charge on any atom is 0.231 e. The topological polar surface area (TPSA) is 102 Å². The van der Waals surface area contributed by atoms with E-state index in [0.29, 0.717) is 22.1 Å². The fourth-order valence-electron chi connectivity index (χ4n) is 3.46. The van der Waals surface area contributed by atoms with Gasteiger partial charge in [0.25, 0.3) is 0 Å². The minimum Gasteiger partial charge on any atom is -0.488 e. The van der Waals surface area contributed by atoms with Gasteiger partial charge in [-0.2, -0.15) is 0 Å². The Labute approximate surface area is 173 Å². The van der Waals surface area contributed by atoms with Gasteiger partial charge in [0.2, 0.25) is 10.0 Å². The first kappa shape index (κ1) is 20.0. The van der Waals surface area contributed by atoms with Crippen molar-refractivity contribution < 1.29 is 22.8 Å². The molecule has 0 amide bonds. The summed E-state index contributed by atoms with van der Waals surface area (Å²) in [5.41, 5.74) is 2.28. The zero-order valence-corrected chi connectivity index (χ0v) is 17.8. The van der Waals surface area contributed by atoms with Gasteiger partial charge in [-0.25, -0.2) is 8.42 Å². The second kappa shape index (κ2) is 6.90. The summed E-state index contributed by atoms with van der Waals surface area (Å²) in [5.74, 6) is 0.879. The molecule has 0 saturated heterocycles. The first-order chi connectivity index (χ1) is 13.5. The molecule has 2 N–H and O–H groups in total. The van der Waals surface area contributed by atoms with E-state index in [1.165, 1.54) is 6.07 Å². The van der Waals surface area contributed by atoms with E-state index in [0.717, 1.165) is 30.4 Å². The predicted octanol–water partition coefficient (Wildman–Crippen LogP) is 4.04. The molecule has 0 spiro atoms. The van der Waals surface area contributed by atoms with E-state index in [4.69, 9.17) is 20.9 Å². The Morgan fingerprint density at radius 1 is 1.28 bits per heavy atom. The molecule has 7 nitrogen and oxygen atoms in total. The van der Waals surface area contributed by atoms with Crippen LogP contribution in [0.5, 0.6) is 5.75 Å². The van der Waals surface area contributed by atoms with Gasteiger partial charge in [-0.1, -0.05) is 22.8 Å². The van der Waals surface area contributed by atoms with Crippen LogP contribution in [-0.2, 0) is 16.4 Å². The molecule has 1 unspecified atom stereocenters. The fraction of sp³-hybridized carbons (Fsp3) is 0.350. The van der Waals surface area contributed by atoms with Crippen LogP contribution in [0.15, 0.2) is 34.9 Å². The standard InChI is InChI=1S/C20H21ClN2O5S/c1-20(2)7-6-11-8-12(4-5-16(11)27-20)18(24)13-10-17-14(9-15(13)21)19(22-28-17)23-29(3,25)26/h4-5,8-10,18,24H,6-7H2,1-3H3,(H,22,23). The minimum atomic E-state index is -3.51. The number of aliphatic hydroxyl groups excluding tert-OH is 1. The second-order valence-corrected chi connectivity index (χ2v) is 10.1. The molecule has 9 heteroatoms. The highest BCUT2D eigenvalue weighted by molar-refractivity contribution is 7.92. The molecule has 154 valence electrons. The number of hydrogen-bond donors (Lipinski definition) is 2. The fourth-order valence-corrected chi connectivity index (χ4v) is 4.23. The molecule has 1 aliphatic rings. The van der Waals surface area contributed by atoms with Gasteiger partial charge in [-0.15, -0.1) is 0 Å². The van der Waals surface area contributed by atoms with Crippen LogP contribution >= 0.6 is 11.6 Å². The first-order valence-electron chi connectivity index (χ1n) is 9.09. The van der Waals surface area contributed by atoms with Gasteiger partial charge in [0.1, 0.15) is 17.5 Å². The normalized spacial score (nSPS) is 16.9. The third-order valence-electron chi connectivity index (χ3n) is 4.95. The number of anilines is 1. The summed E-state index contributed by atoms with van der Waals surface area (Å²) in [5, 5.41) is 15.4. The number of hydrogen-bond acceptors (Lipinski definition) is 6. The highest BCUT2D eigenvalue weighted by atomic mass is 35.5. The van der Waals surface area contributed by atoms with Crippen LogP contribution in [0.2, 0.25) is 5.02 Å². The molecule has 1 aliphatic heterocycles. The van der Waals surface area contributed by atoms with Gasteiger partial charge in [0, 0.05) is 10.6 Å². The Bertz CT molecular complexity index is 1200. The van der Waals surface area contributed by atoms with Gasteiger partial charge < -0.3 is 14.4 Å². The van der Waals surface area contributed by atoms with Crippen molar-refractivity contribution in [1.29, 1.82) is 0 Å². The first-order valence-corrected chi connectivity index (χ1v) is 11.4. The number of fused-ring (bicyclic) bond motifs is 2. The smallest absolute Gasteiger partial charge is 0.231 e. The number of nitrogens with one attached hydrogen (secondary N) is 1. The molecule has 1 aromatic heterocycles. The molecule has 2 aromatic carbocycles. The number of rotatable bonds is 4.